The standard InChI is InChI=1S/C28H26F2/c1-2-3-4-5-6-20-7-9-21(10-8-20)22-11-13-23(14-12-22)24-15-17-26-25(19-24)16-18-27(29)28(26)30/h7-19H,2-6H2,1H3. The van der Waals surface area contributed by atoms with E-state index < -0.39 is 11.6 Å². The molecule has 0 heterocycles. The molecule has 0 saturated carbocycles. The zero-order valence-electron chi connectivity index (χ0n) is 17.3. The summed E-state index contributed by atoms with van der Waals surface area (Å²) in [5.74, 6) is -1.60. The summed E-state index contributed by atoms with van der Waals surface area (Å²) >= 11 is 0. The Hall–Kier alpha value is -3.00. The Balaban J connectivity index is 1.50. The van der Waals surface area contributed by atoms with Crippen LogP contribution < -0.4 is 0 Å². The molecule has 0 amide bonds. The fourth-order valence-electron chi connectivity index (χ4n) is 3.92. The lowest BCUT2D eigenvalue weighted by molar-refractivity contribution is 0.517. The predicted octanol–water partition coefficient (Wildman–Crippen LogP) is 8.57. The molecule has 0 fully saturated rings. The normalized spacial score (nSPS) is 11.2. The van der Waals surface area contributed by atoms with Gasteiger partial charge in [-0.25, -0.2) is 8.78 Å². The zero-order valence-corrected chi connectivity index (χ0v) is 17.3. The lowest BCUT2D eigenvalue weighted by atomic mass is 9.97. The van der Waals surface area contributed by atoms with Crippen LogP contribution in [0.25, 0.3) is 33.0 Å². The van der Waals surface area contributed by atoms with Crippen LogP contribution in [0.4, 0.5) is 8.78 Å². The fraction of sp³-hybridized carbons (Fsp3) is 0.214. The maximum atomic E-state index is 13.9. The van der Waals surface area contributed by atoms with E-state index in [1.165, 1.54) is 48.4 Å². The van der Waals surface area contributed by atoms with Crippen molar-refractivity contribution in [2.24, 2.45) is 0 Å². The Kier molecular flexibility index (Phi) is 6.23. The maximum absolute atomic E-state index is 13.9. The van der Waals surface area contributed by atoms with Crippen LogP contribution in [0.1, 0.15) is 38.2 Å². The van der Waals surface area contributed by atoms with Crippen molar-refractivity contribution in [3.05, 3.63) is 96.1 Å². The molecule has 152 valence electrons. The topological polar surface area (TPSA) is 0 Å². The number of benzene rings is 4. The first-order valence-corrected chi connectivity index (χ1v) is 10.7. The minimum Gasteiger partial charge on any atom is -0.204 e. The molecule has 4 aromatic rings. The van der Waals surface area contributed by atoms with Crippen LogP contribution >= 0.6 is 0 Å². The van der Waals surface area contributed by atoms with Crippen molar-refractivity contribution in [1.29, 1.82) is 0 Å². The van der Waals surface area contributed by atoms with E-state index in [1.54, 1.807) is 12.1 Å². The summed E-state index contributed by atoms with van der Waals surface area (Å²) in [7, 11) is 0. The molecular formula is C28H26F2. The summed E-state index contributed by atoms with van der Waals surface area (Å²) in [6.45, 7) is 2.24. The van der Waals surface area contributed by atoms with Gasteiger partial charge in [0.1, 0.15) is 0 Å². The van der Waals surface area contributed by atoms with Gasteiger partial charge in [0.05, 0.1) is 0 Å². The number of hydrogen-bond donors (Lipinski definition) is 0. The highest BCUT2D eigenvalue weighted by Crippen LogP contribution is 2.29. The molecule has 0 radical (unpaired) electrons. The van der Waals surface area contributed by atoms with E-state index >= 15 is 0 Å². The van der Waals surface area contributed by atoms with Crippen molar-refractivity contribution in [2.75, 3.05) is 0 Å². The van der Waals surface area contributed by atoms with Crippen molar-refractivity contribution in [1.82, 2.24) is 0 Å². The molecule has 0 nitrogen and oxygen atoms in total. The van der Waals surface area contributed by atoms with Crippen LogP contribution in [0.15, 0.2) is 78.9 Å². The average Bonchev–Trinajstić information content (AvgIpc) is 2.80. The first kappa shape index (κ1) is 20.3. The Morgan fingerprint density at radius 1 is 0.600 bits per heavy atom. The number of halogens is 2. The third-order valence-electron chi connectivity index (χ3n) is 5.73. The first-order valence-electron chi connectivity index (χ1n) is 10.7. The van der Waals surface area contributed by atoms with Gasteiger partial charge in [0.15, 0.2) is 11.6 Å². The molecule has 0 aromatic heterocycles. The summed E-state index contributed by atoms with van der Waals surface area (Å²) in [5, 5.41) is 1.01. The van der Waals surface area contributed by atoms with Gasteiger partial charge in [-0.2, -0.15) is 0 Å². The molecule has 0 bridgehead atoms. The molecule has 0 aliphatic rings. The minimum absolute atomic E-state index is 0.310. The second kappa shape index (κ2) is 9.21. The van der Waals surface area contributed by atoms with Gasteiger partial charge < -0.3 is 0 Å². The lowest BCUT2D eigenvalue weighted by Crippen LogP contribution is -1.88. The Labute approximate surface area is 177 Å². The molecule has 0 aliphatic carbocycles. The largest absolute Gasteiger partial charge is 0.204 e. The van der Waals surface area contributed by atoms with Crippen molar-refractivity contribution in [2.45, 2.75) is 39.0 Å². The zero-order chi connectivity index (χ0) is 20.9. The van der Waals surface area contributed by atoms with Gasteiger partial charge in [-0.1, -0.05) is 92.9 Å². The summed E-state index contributed by atoms with van der Waals surface area (Å²) in [4.78, 5) is 0. The van der Waals surface area contributed by atoms with Gasteiger partial charge in [-0.05, 0) is 58.2 Å². The van der Waals surface area contributed by atoms with E-state index in [1.807, 2.05) is 12.1 Å². The molecule has 4 aromatic carbocycles. The van der Waals surface area contributed by atoms with E-state index in [9.17, 15) is 8.78 Å². The highest BCUT2D eigenvalue weighted by atomic mass is 19.2. The molecule has 4 rings (SSSR count). The van der Waals surface area contributed by atoms with Crippen LogP contribution in [-0.2, 0) is 6.42 Å². The van der Waals surface area contributed by atoms with Crippen LogP contribution in [0, 0.1) is 11.6 Å². The number of aryl methyl sites for hydroxylation is 1. The van der Waals surface area contributed by atoms with Crippen molar-refractivity contribution in [3.63, 3.8) is 0 Å². The number of hydrogen-bond acceptors (Lipinski definition) is 0. The molecule has 0 aliphatic heterocycles. The van der Waals surface area contributed by atoms with Crippen LogP contribution in [0.5, 0.6) is 0 Å². The second-order valence-corrected chi connectivity index (χ2v) is 7.88. The SMILES string of the molecule is CCCCCCc1ccc(-c2ccc(-c3ccc4c(F)c(F)ccc4c3)cc2)cc1. The van der Waals surface area contributed by atoms with E-state index in [-0.39, 0.29) is 0 Å². The molecular weight excluding hydrogens is 374 g/mol. The minimum atomic E-state index is -0.813. The van der Waals surface area contributed by atoms with Crippen molar-refractivity contribution >= 4 is 10.8 Å². The molecule has 2 heteroatoms. The highest BCUT2D eigenvalue weighted by molar-refractivity contribution is 5.88. The van der Waals surface area contributed by atoms with E-state index in [0.717, 1.165) is 17.5 Å². The number of fused-ring (bicyclic) bond motifs is 1. The van der Waals surface area contributed by atoms with Crippen LogP contribution in [0.3, 0.4) is 0 Å². The van der Waals surface area contributed by atoms with Gasteiger partial charge in [-0.15, -0.1) is 0 Å². The lowest BCUT2D eigenvalue weighted by Gasteiger charge is -2.08. The van der Waals surface area contributed by atoms with Gasteiger partial charge in [-0.3, -0.25) is 0 Å². The van der Waals surface area contributed by atoms with Gasteiger partial charge in [0.25, 0.3) is 0 Å². The molecule has 30 heavy (non-hydrogen) atoms. The van der Waals surface area contributed by atoms with E-state index in [0.29, 0.717) is 10.8 Å². The van der Waals surface area contributed by atoms with Crippen LogP contribution in [0.2, 0.25) is 0 Å². The quantitative estimate of drug-likeness (QED) is 0.273. The third kappa shape index (κ3) is 4.43. The van der Waals surface area contributed by atoms with Gasteiger partial charge in [0, 0.05) is 5.39 Å². The third-order valence-corrected chi connectivity index (χ3v) is 5.73. The maximum Gasteiger partial charge on any atom is 0.166 e. The summed E-state index contributed by atoms with van der Waals surface area (Å²) < 4.78 is 27.3. The van der Waals surface area contributed by atoms with E-state index in [2.05, 4.69) is 55.5 Å². The molecule has 0 N–H and O–H groups in total. The predicted molar refractivity (Wildman–Crippen MR) is 123 cm³/mol. The number of rotatable bonds is 7. The van der Waals surface area contributed by atoms with Gasteiger partial charge in [0.2, 0.25) is 0 Å². The fourth-order valence-corrected chi connectivity index (χ4v) is 3.92. The average molecular weight is 401 g/mol. The second-order valence-electron chi connectivity index (χ2n) is 7.88. The van der Waals surface area contributed by atoms with Gasteiger partial charge >= 0.3 is 0 Å². The first-order chi connectivity index (χ1) is 14.7. The van der Waals surface area contributed by atoms with E-state index in [4.69, 9.17) is 0 Å². The molecule has 0 unspecified atom stereocenters. The summed E-state index contributed by atoms with van der Waals surface area (Å²) in [6.07, 6.45) is 6.28. The molecule has 0 saturated heterocycles. The van der Waals surface area contributed by atoms with Crippen molar-refractivity contribution < 1.29 is 8.78 Å². The van der Waals surface area contributed by atoms with Crippen LogP contribution in [-0.4, -0.2) is 0 Å². The summed E-state index contributed by atoms with van der Waals surface area (Å²) in [6, 6.07) is 25.4. The molecule has 0 spiro atoms. The molecule has 0 atom stereocenters. The Bertz CT molecular complexity index is 1130. The summed E-state index contributed by atoms with van der Waals surface area (Å²) in [5.41, 5.74) is 5.81. The Morgan fingerprint density at radius 3 is 1.87 bits per heavy atom. The van der Waals surface area contributed by atoms with Crippen molar-refractivity contribution in [3.8, 4) is 22.3 Å². The number of unbranched alkanes of at least 4 members (excludes halogenated alkanes) is 3. The monoisotopic (exact) mass is 400 g/mol. The highest BCUT2D eigenvalue weighted by Gasteiger charge is 2.08. The Morgan fingerprint density at radius 2 is 1.20 bits per heavy atom. The smallest absolute Gasteiger partial charge is 0.166 e.